The van der Waals surface area contributed by atoms with E-state index in [-0.39, 0.29) is 11.5 Å². The van der Waals surface area contributed by atoms with Crippen molar-refractivity contribution in [2.75, 3.05) is 13.2 Å². The number of aliphatic hydroxyl groups is 1. The number of hydrogen-bond acceptors (Lipinski definition) is 3. The van der Waals surface area contributed by atoms with Crippen LogP contribution < -0.4 is 0 Å². The van der Waals surface area contributed by atoms with Gasteiger partial charge in [-0.3, -0.25) is 0 Å². The molecule has 1 aliphatic carbocycles. The Morgan fingerprint density at radius 3 is 2.41 bits per heavy atom. The van der Waals surface area contributed by atoms with E-state index >= 15 is 0 Å². The molecule has 0 unspecified atom stereocenters. The van der Waals surface area contributed by atoms with Crippen LogP contribution in [0.25, 0.3) is 0 Å². The van der Waals surface area contributed by atoms with E-state index in [1.807, 2.05) is 11.3 Å². The van der Waals surface area contributed by atoms with Crippen molar-refractivity contribution in [1.82, 2.24) is 0 Å². The first kappa shape index (κ1) is 12.2. The van der Waals surface area contributed by atoms with Crippen molar-refractivity contribution in [3.05, 3.63) is 20.8 Å². The number of ether oxygens (including phenoxy) is 1. The third kappa shape index (κ3) is 2.09. The number of thiophene rings is 1. The van der Waals surface area contributed by atoms with Crippen molar-refractivity contribution in [3.8, 4) is 0 Å². The highest BCUT2D eigenvalue weighted by atomic mass is 79.9. The minimum Gasteiger partial charge on any atom is -0.393 e. The number of hydrogen-bond donors (Lipinski definition) is 1. The van der Waals surface area contributed by atoms with Crippen molar-refractivity contribution in [3.63, 3.8) is 0 Å². The van der Waals surface area contributed by atoms with Gasteiger partial charge >= 0.3 is 0 Å². The first-order valence-corrected chi connectivity index (χ1v) is 7.83. The van der Waals surface area contributed by atoms with Gasteiger partial charge in [0.05, 0.1) is 28.5 Å². The van der Waals surface area contributed by atoms with E-state index in [1.54, 1.807) is 0 Å². The fourth-order valence-electron chi connectivity index (χ4n) is 3.11. The Hall–Kier alpha value is 0.1000. The summed E-state index contributed by atoms with van der Waals surface area (Å²) in [6, 6.07) is 4.38. The van der Waals surface area contributed by atoms with Crippen molar-refractivity contribution in [1.29, 1.82) is 0 Å². The monoisotopic (exact) mass is 316 g/mol. The number of halogens is 1. The van der Waals surface area contributed by atoms with Crippen molar-refractivity contribution >= 4 is 27.3 Å². The Morgan fingerprint density at radius 2 is 1.94 bits per heavy atom. The normalized spacial score (nSPS) is 32.1. The molecule has 1 saturated heterocycles. The highest BCUT2D eigenvalue weighted by molar-refractivity contribution is 9.11. The van der Waals surface area contributed by atoms with E-state index in [4.69, 9.17) is 4.74 Å². The molecule has 1 aromatic rings. The van der Waals surface area contributed by atoms with E-state index in [1.165, 1.54) is 8.66 Å². The van der Waals surface area contributed by atoms with Crippen LogP contribution >= 0.6 is 27.3 Å². The molecule has 2 nitrogen and oxygen atoms in total. The highest BCUT2D eigenvalue weighted by Gasteiger charge is 2.48. The predicted octanol–water partition coefficient (Wildman–Crippen LogP) is 3.33. The smallest absolute Gasteiger partial charge is 0.0701 e. The molecule has 1 aliphatic heterocycles. The van der Waals surface area contributed by atoms with Gasteiger partial charge in [0, 0.05) is 4.88 Å². The van der Waals surface area contributed by atoms with Gasteiger partial charge in [-0.2, -0.15) is 0 Å². The zero-order chi connectivity index (χ0) is 11.9. The minimum absolute atomic E-state index is 0.0700. The van der Waals surface area contributed by atoms with Gasteiger partial charge in [-0.25, -0.2) is 0 Å². The highest BCUT2D eigenvalue weighted by Crippen LogP contribution is 2.48. The predicted molar refractivity (Wildman–Crippen MR) is 72.5 cm³/mol. The Labute approximate surface area is 114 Å². The van der Waals surface area contributed by atoms with Gasteiger partial charge in [0.25, 0.3) is 0 Å². The molecule has 17 heavy (non-hydrogen) atoms. The summed E-state index contributed by atoms with van der Waals surface area (Å²) in [5, 5.41) is 9.62. The summed E-state index contributed by atoms with van der Waals surface area (Å²) < 4.78 is 6.71. The van der Waals surface area contributed by atoms with Crippen LogP contribution in [0.4, 0.5) is 0 Å². The van der Waals surface area contributed by atoms with E-state index in [9.17, 15) is 5.11 Å². The Morgan fingerprint density at radius 1 is 1.24 bits per heavy atom. The van der Waals surface area contributed by atoms with E-state index in [0.717, 1.165) is 38.9 Å². The average Bonchev–Trinajstić information content (AvgIpc) is 2.67. The van der Waals surface area contributed by atoms with Gasteiger partial charge in [-0.05, 0) is 59.7 Å². The lowest BCUT2D eigenvalue weighted by Gasteiger charge is -2.48. The van der Waals surface area contributed by atoms with Gasteiger partial charge in [-0.1, -0.05) is 0 Å². The molecule has 2 heterocycles. The SMILES string of the molecule is OC1CCC(C2(c3ccc(Br)s3)COC2)CC1. The molecule has 0 amide bonds. The maximum atomic E-state index is 9.62. The average molecular weight is 317 g/mol. The lowest BCUT2D eigenvalue weighted by Crippen LogP contribution is -2.53. The van der Waals surface area contributed by atoms with Gasteiger partial charge in [0.2, 0.25) is 0 Å². The quantitative estimate of drug-likeness (QED) is 0.907. The third-order valence-corrected chi connectivity index (χ3v) is 6.10. The molecule has 1 N–H and O–H groups in total. The number of rotatable bonds is 2. The molecule has 0 bridgehead atoms. The van der Waals surface area contributed by atoms with Gasteiger partial charge in [-0.15, -0.1) is 11.3 Å². The second-order valence-corrected chi connectivity index (χ2v) is 7.72. The van der Waals surface area contributed by atoms with Gasteiger partial charge in [0.1, 0.15) is 0 Å². The number of aliphatic hydroxyl groups excluding tert-OH is 1. The molecule has 2 aliphatic rings. The van der Waals surface area contributed by atoms with E-state index in [2.05, 4.69) is 28.1 Å². The molecule has 0 atom stereocenters. The summed E-state index contributed by atoms with van der Waals surface area (Å²) in [5.41, 5.74) is 0.247. The van der Waals surface area contributed by atoms with E-state index in [0.29, 0.717) is 5.92 Å². The zero-order valence-corrected chi connectivity index (χ0v) is 12.1. The Balaban J connectivity index is 1.82. The Kier molecular flexibility index (Phi) is 3.32. The second kappa shape index (κ2) is 4.65. The van der Waals surface area contributed by atoms with E-state index < -0.39 is 0 Å². The van der Waals surface area contributed by atoms with Crippen molar-refractivity contribution in [2.45, 2.75) is 37.2 Å². The van der Waals surface area contributed by atoms with Crippen LogP contribution in [0.1, 0.15) is 30.6 Å². The molecule has 94 valence electrons. The first-order chi connectivity index (χ1) is 8.21. The summed E-state index contributed by atoms with van der Waals surface area (Å²) >= 11 is 5.39. The largest absolute Gasteiger partial charge is 0.393 e. The van der Waals surface area contributed by atoms with Crippen LogP contribution in [-0.2, 0) is 10.2 Å². The van der Waals surface area contributed by atoms with Gasteiger partial charge in [0.15, 0.2) is 0 Å². The standard InChI is InChI=1S/C13H17BrO2S/c14-12-6-5-11(17-12)13(7-16-8-13)9-1-3-10(15)4-2-9/h5-6,9-10,15H,1-4,7-8H2. The Bertz CT molecular complexity index is 392. The molecule has 1 aromatic heterocycles. The lowest BCUT2D eigenvalue weighted by atomic mass is 9.66. The maximum Gasteiger partial charge on any atom is 0.0701 e. The molecule has 0 spiro atoms. The van der Waals surface area contributed by atoms with Crippen LogP contribution in [-0.4, -0.2) is 24.4 Å². The summed E-state index contributed by atoms with van der Waals surface area (Å²) in [6.45, 7) is 1.72. The third-order valence-electron chi connectivity index (χ3n) is 4.26. The molecule has 3 rings (SSSR count). The topological polar surface area (TPSA) is 29.5 Å². The first-order valence-electron chi connectivity index (χ1n) is 6.22. The summed E-state index contributed by atoms with van der Waals surface area (Å²) in [6.07, 6.45) is 4.12. The molecule has 2 fully saturated rings. The van der Waals surface area contributed by atoms with Crippen LogP contribution in [0, 0.1) is 5.92 Å². The second-order valence-electron chi connectivity index (χ2n) is 5.26. The summed E-state index contributed by atoms with van der Waals surface area (Å²) in [7, 11) is 0. The molecular weight excluding hydrogens is 300 g/mol. The van der Waals surface area contributed by atoms with Crippen molar-refractivity contribution in [2.24, 2.45) is 5.92 Å². The van der Waals surface area contributed by atoms with Crippen LogP contribution in [0.5, 0.6) is 0 Å². The molecular formula is C13H17BrO2S. The molecule has 1 saturated carbocycles. The molecule has 0 radical (unpaired) electrons. The zero-order valence-electron chi connectivity index (χ0n) is 9.69. The maximum absolute atomic E-state index is 9.62. The summed E-state index contributed by atoms with van der Waals surface area (Å²) in [4.78, 5) is 1.46. The van der Waals surface area contributed by atoms with Gasteiger partial charge < -0.3 is 9.84 Å². The van der Waals surface area contributed by atoms with Crippen LogP contribution in [0.15, 0.2) is 15.9 Å². The molecule has 4 heteroatoms. The fourth-order valence-corrected chi connectivity index (χ4v) is 4.74. The minimum atomic E-state index is -0.0700. The van der Waals surface area contributed by atoms with Crippen molar-refractivity contribution < 1.29 is 9.84 Å². The fraction of sp³-hybridized carbons (Fsp3) is 0.692. The summed E-state index contributed by atoms with van der Waals surface area (Å²) in [5.74, 6) is 0.685. The molecule has 0 aromatic carbocycles. The van der Waals surface area contributed by atoms with Crippen LogP contribution in [0.3, 0.4) is 0 Å². The van der Waals surface area contributed by atoms with Crippen LogP contribution in [0.2, 0.25) is 0 Å². The lowest BCUT2D eigenvalue weighted by molar-refractivity contribution is -0.101.